The van der Waals surface area contributed by atoms with Gasteiger partial charge in [0, 0.05) is 18.3 Å². The predicted molar refractivity (Wildman–Crippen MR) is 155 cm³/mol. The van der Waals surface area contributed by atoms with Crippen LogP contribution >= 0.6 is 0 Å². The second-order valence-electron chi connectivity index (χ2n) is 10.5. The minimum absolute atomic E-state index is 0.118. The van der Waals surface area contributed by atoms with Crippen LogP contribution in [0.25, 0.3) is 6.08 Å². The van der Waals surface area contributed by atoms with Crippen molar-refractivity contribution in [3.63, 3.8) is 0 Å². The van der Waals surface area contributed by atoms with E-state index in [1.807, 2.05) is 19.1 Å². The lowest BCUT2D eigenvalue weighted by molar-refractivity contribution is -0.142. The predicted octanol–water partition coefficient (Wildman–Crippen LogP) is 7.45. The fraction of sp³-hybridized carbons (Fsp3) is 0.500. The van der Waals surface area contributed by atoms with Gasteiger partial charge in [-0.15, -0.1) is 0 Å². The van der Waals surface area contributed by atoms with Crippen molar-refractivity contribution in [3.05, 3.63) is 70.3 Å². The van der Waals surface area contributed by atoms with E-state index in [1.165, 1.54) is 16.7 Å². The Balaban J connectivity index is 1.84. The van der Waals surface area contributed by atoms with E-state index < -0.39 is 5.60 Å². The largest absolute Gasteiger partial charge is 0.489 e. The van der Waals surface area contributed by atoms with E-state index in [0.717, 1.165) is 49.0 Å². The van der Waals surface area contributed by atoms with Crippen LogP contribution in [-0.2, 0) is 14.9 Å². The summed E-state index contributed by atoms with van der Waals surface area (Å²) in [6, 6.07) is 13.1. The summed E-state index contributed by atoms with van der Waals surface area (Å²) >= 11 is 0. The number of esters is 1. The molecule has 204 valence electrons. The highest BCUT2D eigenvalue weighted by atomic mass is 16.6. The summed E-state index contributed by atoms with van der Waals surface area (Å²) in [6.45, 7) is 13.1. The molecule has 1 fully saturated rings. The minimum Gasteiger partial charge on any atom is -0.489 e. The molecular weight excluding hydrogens is 472 g/mol. The number of rotatable bonds is 11. The molecule has 0 radical (unpaired) electrons. The zero-order valence-electron chi connectivity index (χ0n) is 24.0. The number of carbonyl (C=O) groups is 1. The Kier molecular flexibility index (Phi) is 10.2. The first-order chi connectivity index (χ1) is 18.2. The van der Waals surface area contributed by atoms with Gasteiger partial charge in [0.25, 0.3) is 0 Å². The standard InChI is InChI=1S/C34H44O4/c1-7-11-12-20-33(36,8-2)21-19-27-13-14-28(22-25(27)5)34(9-3,10-4)29-15-17-31(26(6)23-29)37-24-30-16-18-32(35)38-30/h13-15,17,19,21-23,30,36H,7-11,16,18,24H2,1-6H3. The monoisotopic (exact) mass is 516 g/mol. The van der Waals surface area contributed by atoms with Crippen molar-refractivity contribution in [2.24, 2.45) is 0 Å². The van der Waals surface area contributed by atoms with Crippen LogP contribution in [0.3, 0.4) is 0 Å². The highest BCUT2D eigenvalue weighted by Gasteiger charge is 2.32. The third kappa shape index (κ3) is 6.88. The van der Waals surface area contributed by atoms with Crippen molar-refractivity contribution in [1.82, 2.24) is 0 Å². The second-order valence-corrected chi connectivity index (χ2v) is 10.5. The summed E-state index contributed by atoms with van der Waals surface area (Å²) in [5.41, 5.74) is 4.69. The molecule has 3 rings (SSSR count). The van der Waals surface area contributed by atoms with Gasteiger partial charge in [0.2, 0.25) is 0 Å². The molecule has 2 aromatic rings. The second kappa shape index (κ2) is 13.2. The lowest BCUT2D eigenvalue weighted by atomic mass is 9.70. The first-order valence-electron chi connectivity index (χ1n) is 14.2. The lowest BCUT2D eigenvalue weighted by Gasteiger charge is -2.34. The van der Waals surface area contributed by atoms with Crippen LogP contribution in [0.2, 0.25) is 0 Å². The Hall–Kier alpha value is -3.03. The Labute approximate surface area is 229 Å². The third-order valence-electron chi connectivity index (χ3n) is 7.91. The highest BCUT2D eigenvalue weighted by Crippen LogP contribution is 2.41. The number of hydrogen-bond acceptors (Lipinski definition) is 4. The molecule has 38 heavy (non-hydrogen) atoms. The maximum absolute atomic E-state index is 11.4. The number of cyclic esters (lactones) is 1. The number of aliphatic hydroxyl groups is 1. The van der Waals surface area contributed by atoms with Crippen LogP contribution in [0.1, 0.15) is 100 Å². The number of benzene rings is 2. The van der Waals surface area contributed by atoms with E-state index in [-0.39, 0.29) is 17.5 Å². The molecule has 4 heteroatoms. The molecule has 1 aliphatic heterocycles. The molecule has 0 bridgehead atoms. The van der Waals surface area contributed by atoms with Crippen LogP contribution in [0, 0.1) is 25.7 Å². The van der Waals surface area contributed by atoms with E-state index in [1.54, 1.807) is 0 Å². The molecule has 0 saturated carbocycles. The Bertz CT molecular complexity index is 1190. The van der Waals surface area contributed by atoms with Crippen molar-refractivity contribution in [2.75, 3.05) is 6.61 Å². The van der Waals surface area contributed by atoms with Gasteiger partial charge in [-0.2, -0.15) is 0 Å². The number of aryl methyl sites for hydroxylation is 2. The van der Waals surface area contributed by atoms with Crippen LogP contribution < -0.4 is 4.74 Å². The van der Waals surface area contributed by atoms with Gasteiger partial charge >= 0.3 is 5.97 Å². The van der Waals surface area contributed by atoms with Gasteiger partial charge < -0.3 is 14.6 Å². The molecule has 2 atom stereocenters. The molecular formula is C34H44O4. The first-order valence-corrected chi connectivity index (χ1v) is 14.2. The zero-order chi connectivity index (χ0) is 27.8. The third-order valence-corrected chi connectivity index (χ3v) is 7.91. The molecule has 1 heterocycles. The molecule has 0 amide bonds. The average molecular weight is 517 g/mol. The molecule has 0 aromatic heterocycles. The van der Waals surface area contributed by atoms with E-state index in [4.69, 9.17) is 9.47 Å². The minimum atomic E-state index is -1.10. The first kappa shape index (κ1) is 29.5. The molecule has 2 unspecified atom stereocenters. The van der Waals surface area contributed by atoms with Crippen LogP contribution in [-0.4, -0.2) is 29.4 Å². The highest BCUT2D eigenvalue weighted by molar-refractivity contribution is 5.71. The van der Waals surface area contributed by atoms with Gasteiger partial charge in [0.05, 0.1) is 0 Å². The van der Waals surface area contributed by atoms with E-state index in [0.29, 0.717) is 19.4 Å². The van der Waals surface area contributed by atoms with Gasteiger partial charge in [-0.3, -0.25) is 4.79 Å². The summed E-state index contributed by atoms with van der Waals surface area (Å²) < 4.78 is 11.3. The quantitative estimate of drug-likeness (QED) is 0.249. The number of carbonyl (C=O) groups excluding carboxylic acids is 1. The fourth-order valence-electron chi connectivity index (χ4n) is 5.20. The van der Waals surface area contributed by atoms with E-state index in [9.17, 15) is 9.90 Å². The maximum atomic E-state index is 11.4. The topological polar surface area (TPSA) is 55.8 Å². The van der Waals surface area contributed by atoms with Gasteiger partial charge in [-0.1, -0.05) is 75.9 Å². The summed E-state index contributed by atoms with van der Waals surface area (Å²) in [6.07, 6.45) is 9.15. The zero-order valence-corrected chi connectivity index (χ0v) is 24.0. The van der Waals surface area contributed by atoms with E-state index >= 15 is 0 Å². The summed E-state index contributed by atoms with van der Waals surface area (Å²) in [4.78, 5) is 11.4. The summed E-state index contributed by atoms with van der Waals surface area (Å²) in [5.74, 6) is 6.82. The van der Waals surface area contributed by atoms with Crippen molar-refractivity contribution < 1.29 is 19.4 Å². The molecule has 1 saturated heterocycles. The van der Waals surface area contributed by atoms with Gasteiger partial charge in [0.1, 0.15) is 24.1 Å². The Morgan fingerprint density at radius 2 is 1.71 bits per heavy atom. The normalized spacial score (nSPS) is 17.1. The molecule has 2 aromatic carbocycles. The fourth-order valence-corrected chi connectivity index (χ4v) is 5.20. The van der Waals surface area contributed by atoms with Crippen molar-refractivity contribution in [3.8, 4) is 17.6 Å². The van der Waals surface area contributed by atoms with Crippen LogP contribution in [0.15, 0.2) is 42.5 Å². The van der Waals surface area contributed by atoms with Crippen molar-refractivity contribution in [2.45, 2.75) is 104 Å². The number of hydrogen-bond donors (Lipinski definition) is 1. The number of ether oxygens (including phenoxy) is 2. The summed E-state index contributed by atoms with van der Waals surface area (Å²) in [7, 11) is 0. The number of unbranched alkanes of at least 4 members (excludes halogenated alkanes) is 1. The Morgan fingerprint density at radius 3 is 2.26 bits per heavy atom. The van der Waals surface area contributed by atoms with Gasteiger partial charge in [-0.05, 0) is 85.9 Å². The van der Waals surface area contributed by atoms with Crippen LogP contribution in [0.5, 0.6) is 5.75 Å². The molecule has 0 spiro atoms. The van der Waals surface area contributed by atoms with Gasteiger partial charge in [-0.25, -0.2) is 0 Å². The molecule has 4 nitrogen and oxygen atoms in total. The maximum Gasteiger partial charge on any atom is 0.306 e. The van der Waals surface area contributed by atoms with Crippen LogP contribution in [0.4, 0.5) is 0 Å². The van der Waals surface area contributed by atoms with Crippen molar-refractivity contribution >= 4 is 12.0 Å². The summed E-state index contributed by atoms with van der Waals surface area (Å²) in [5, 5.41) is 10.9. The average Bonchev–Trinajstić information content (AvgIpc) is 3.33. The lowest BCUT2D eigenvalue weighted by Crippen LogP contribution is -2.26. The SMILES string of the molecule is CCCC#CC(O)(C=Cc1ccc(C(CC)(CC)c2ccc(OCC3CCC(=O)O3)c(C)c2)cc1C)CC. The van der Waals surface area contributed by atoms with Crippen molar-refractivity contribution in [1.29, 1.82) is 0 Å². The molecule has 1 N–H and O–H groups in total. The molecule has 1 aliphatic rings. The Morgan fingerprint density at radius 1 is 1.03 bits per heavy atom. The van der Waals surface area contributed by atoms with Gasteiger partial charge in [0.15, 0.2) is 0 Å². The smallest absolute Gasteiger partial charge is 0.306 e. The van der Waals surface area contributed by atoms with E-state index in [2.05, 4.69) is 82.9 Å². The molecule has 0 aliphatic carbocycles.